The van der Waals surface area contributed by atoms with Crippen molar-refractivity contribution < 1.29 is 13.2 Å². The Labute approximate surface area is 132 Å². The number of fused-ring (bicyclic) bond motifs is 1. The van der Waals surface area contributed by atoms with Crippen molar-refractivity contribution in [3.05, 3.63) is 58.5 Å². The first kappa shape index (κ1) is 15.3. The van der Waals surface area contributed by atoms with Gasteiger partial charge >= 0.3 is 5.69 Å². The minimum Gasteiger partial charge on any atom is -0.497 e. The molecule has 3 rings (SSSR count). The molecule has 0 radical (unpaired) electrons. The summed E-state index contributed by atoms with van der Waals surface area (Å²) in [5, 5.41) is 0. The fourth-order valence-corrected chi connectivity index (χ4v) is 3.27. The van der Waals surface area contributed by atoms with Gasteiger partial charge in [-0.05, 0) is 35.9 Å². The number of hydrogen-bond acceptors (Lipinski definition) is 4. The summed E-state index contributed by atoms with van der Waals surface area (Å²) < 4.78 is 32.4. The molecule has 3 aromatic rings. The third-order valence-electron chi connectivity index (χ3n) is 3.40. The number of H-pyrrole nitrogens is 2. The van der Waals surface area contributed by atoms with Gasteiger partial charge in [-0.1, -0.05) is 12.1 Å². The molecule has 0 amide bonds. The summed E-state index contributed by atoms with van der Waals surface area (Å²) in [5.74, 6) is 0.660. The molecule has 0 unspecified atom stereocenters. The first-order valence-electron chi connectivity index (χ1n) is 6.82. The second kappa shape index (κ2) is 5.90. The molecular formula is C15H15N3O4S. The minimum absolute atomic E-state index is 0.0862. The number of ether oxygens (including phenoxy) is 1. The lowest BCUT2D eigenvalue weighted by molar-refractivity contribution is 0.414. The summed E-state index contributed by atoms with van der Waals surface area (Å²) in [6, 6.07) is 11.6. The predicted molar refractivity (Wildman–Crippen MR) is 85.9 cm³/mol. The Morgan fingerprint density at radius 2 is 1.87 bits per heavy atom. The maximum absolute atomic E-state index is 12.4. The highest BCUT2D eigenvalue weighted by molar-refractivity contribution is 7.89. The van der Waals surface area contributed by atoms with Gasteiger partial charge in [0.2, 0.25) is 10.0 Å². The molecular weight excluding hydrogens is 318 g/mol. The summed E-state index contributed by atoms with van der Waals surface area (Å²) in [7, 11) is -2.14. The first-order valence-corrected chi connectivity index (χ1v) is 8.31. The van der Waals surface area contributed by atoms with Crippen molar-refractivity contribution >= 4 is 21.1 Å². The van der Waals surface area contributed by atoms with Crippen LogP contribution >= 0.6 is 0 Å². The van der Waals surface area contributed by atoms with Crippen molar-refractivity contribution in [2.45, 2.75) is 11.4 Å². The highest BCUT2D eigenvalue weighted by atomic mass is 32.2. The third kappa shape index (κ3) is 3.27. The summed E-state index contributed by atoms with van der Waals surface area (Å²) in [6.45, 7) is 0.140. The Hall–Kier alpha value is -2.58. The van der Waals surface area contributed by atoms with Crippen LogP contribution in [0.15, 0.2) is 52.2 Å². The van der Waals surface area contributed by atoms with Gasteiger partial charge in [-0.3, -0.25) is 0 Å². The van der Waals surface area contributed by atoms with Crippen molar-refractivity contribution in [2.75, 3.05) is 7.11 Å². The average Bonchev–Trinajstić information content (AvgIpc) is 2.92. The maximum atomic E-state index is 12.4. The van der Waals surface area contributed by atoms with Crippen LogP contribution in [0.4, 0.5) is 0 Å². The Balaban J connectivity index is 1.83. The summed E-state index contributed by atoms with van der Waals surface area (Å²) in [6.07, 6.45) is 0. The van der Waals surface area contributed by atoms with Crippen LogP contribution < -0.4 is 15.1 Å². The zero-order chi connectivity index (χ0) is 16.4. The van der Waals surface area contributed by atoms with Crippen molar-refractivity contribution in [1.29, 1.82) is 0 Å². The molecule has 23 heavy (non-hydrogen) atoms. The van der Waals surface area contributed by atoms with E-state index >= 15 is 0 Å². The van der Waals surface area contributed by atoms with Gasteiger partial charge in [0.25, 0.3) is 0 Å². The van der Waals surface area contributed by atoms with Crippen LogP contribution in [0.1, 0.15) is 5.56 Å². The monoisotopic (exact) mass is 333 g/mol. The van der Waals surface area contributed by atoms with E-state index in [1.54, 1.807) is 37.4 Å². The quantitative estimate of drug-likeness (QED) is 0.655. The topological polar surface area (TPSA) is 104 Å². The van der Waals surface area contributed by atoms with Crippen LogP contribution in [0.5, 0.6) is 5.75 Å². The number of imidazole rings is 1. The second-order valence-corrected chi connectivity index (χ2v) is 6.73. The minimum atomic E-state index is -3.69. The van der Waals surface area contributed by atoms with Crippen molar-refractivity contribution in [3.63, 3.8) is 0 Å². The number of benzene rings is 2. The maximum Gasteiger partial charge on any atom is 0.323 e. The van der Waals surface area contributed by atoms with E-state index in [2.05, 4.69) is 14.7 Å². The lowest BCUT2D eigenvalue weighted by atomic mass is 10.2. The van der Waals surface area contributed by atoms with Gasteiger partial charge < -0.3 is 14.7 Å². The molecule has 0 aliphatic rings. The Morgan fingerprint density at radius 3 is 2.65 bits per heavy atom. The SMILES string of the molecule is COc1cccc(CNS(=O)(=O)c2ccc3[nH]c(=O)[nH]c3c2)c1. The number of aromatic nitrogens is 2. The lowest BCUT2D eigenvalue weighted by Crippen LogP contribution is -2.23. The van der Waals surface area contributed by atoms with Crippen molar-refractivity contribution in [1.82, 2.24) is 14.7 Å². The van der Waals surface area contributed by atoms with Gasteiger partial charge in [0.05, 0.1) is 23.0 Å². The molecule has 2 aromatic carbocycles. The van der Waals surface area contributed by atoms with Crippen LogP contribution in [0.3, 0.4) is 0 Å². The largest absolute Gasteiger partial charge is 0.497 e. The Bertz CT molecular complexity index is 1000. The highest BCUT2D eigenvalue weighted by Gasteiger charge is 2.15. The number of rotatable bonds is 5. The van der Waals surface area contributed by atoms with Gasteiger partial charge in [0, 0.05) is 6.54 Å². The molecule has 7 nitrogen and oxygen atoms in total. The summed E-state index contributed by atoms with van der Waals surface area (Å²) in [4.78, 5) is 16.4. The fourth-order valence-electron chi connectivity index (χ4n) is 2.22. The molecule has 0 aliphatic heterocycles. The summed E-state index contributed by atoms with van der Waals surface area (Å²) >= 11 is 0. The van der Waals surface area contributed by atoms with E-state index < -0.39 is 10.0 Å². The van der Waals surface area contributed by atoms with Crippen LogP contribution in [-0.4, -0.2) is 25.5 Å². The van der Waals surface area contributed by atoms with Crippen molar-refractivity contribution in [2.24, 2.45) is 0 Å². The van der Waals surface area contributed by atoms with Crippen molar-refractivity contribution in [3.8, 4) is 5.75 Å². The van der Waals surface area contributed by atoms with Gasteiger partial charge in [0.1, 0.15) is 5.75 Å². The molecule has 0 fully saturated rings. The fraction of sp³-hybridized carbons (Fsp3) is 0.133. The first-order chi connectivity index (χ1) is 11.0. The number of nitrogens with one attached hydrogen (secondary N) is 3. The van der Waals surface area contributed by atoms with Crippen LogP contribution in [0, 0.1) is 0 Å². The van der Waals surface area contributed by atoms with E-state index in [0.717, 1.165) is 5.56 Å². The van der Waals surface area contributed by atoms with Crippen LogP contribution in [0.25, 0.3) is 11.0 Å². The molecule has 0 aliphatic carbocycles. The lowest BCUT2D eigenvalue weighted by Gasteiger charge is -2.08. The number of sulfonamides is 1. The predicted octanol–water partition coefficient (Wildman–Crippen LogP) is 1.34. The molecule has 1 heterocycles. The molecule has 0 atom stereocenters. The number of methoxy groups -OCH3 is 1. The molecule has 8 heteroatoms. The number of aromatic amines is 2. The Kier molecular flexibility index (Phi) is 3.93. The van der Waals surface area contributed by atoms with Gasteiger partial charge in [-0.25, -0.2) is 17.9 Å². The van der Waals surface area contributed by atoms with E-state index in [4.69, 9.17) is 4.74 Å². The normalized spacial score (nSPS) is 11.7. The van der Waals surface area contributed by atoms with Gasteiger partial charge in [-0.15, -0.1) is 0 Å². The van der Waals surface area contributed by atoms with Crippen LogP contribution in [-0.2, 0) is 16.6 Å². The average molecular weight is 333 g/mol. The molecule has 0 bridgehead atoms. The molecule has 1 aromatic heterocycles. The molecule has 120 valence electrons. The van der Waals surface area contributed by atoms with E-state index in [0.29, 0.717) is 16.8 Å². The van der Waals surface area contributed by atoms with E-state index in [1.807, 2.05) is 0 Å². The van der Waals surface area contributed by atoms with Crippen LogP contribution in [0.2, 0.25) is 0 Å². The summed E-state index contributed by atoms with van der Waals surface area (Å²) in [5.41, 5.74) is 1.41. The zero-order valence-electron chi connectivity index (χ0n) is 12.3. The molecule has 0 spiro atoms. The Morgan fingerprint density at radius 1 is 1.09 bits per heavy atom. The molecule has 0 saturated carbocycles. The standard InChI is InChI=1S/C15H15N3O4S/c1-22-11-4-2-3-10(7-11)9-16-23(20,21)12-5-6-13-14(8-12)18-15(19)17-13/h2-8,16H,9H2,1H3,(H2,17,18,19). The third-order valence-corrected chi connectivity index (χ3v) is 4.80. The highest BCUT2D eigenvalue weighted by Crippen LogP contribution is 2.16. The van der Waals surface area contributed by atoms with E-state index in [-0.39, 0.29) is 17.1 Å². The van der Waals surface area contributed by atoms with Gasteiger partial charge in [0.15, 0.2) is 0 Å². The van der Waals surface area contributed by atoms with E-state index in [1.165, 1.54) is 12.1 Å². The smallest absolute Gasteiger partial charge is 0.323 e. The van der Waals surface area contributed by atoms with E-state index in [9.17, 15) is 13.2 Å². The number of hydrogen-bond donors (Lipinski definition) is 3. The second-order valence-electron chi connectivity index (χ2n) is 4.96. The zero-order valence-corrected chi connectivity index (χ0v) is 13.1. The van der Waals surface area contributed by atoms with Gasteiger partial charge in [-0.2, -0.15) is 0 Å². The molecule has 3 N–H and O–H groups in total. The molecule has 0 saturated heterocycles.